The van der Waals surface area contributed by atoms with E-state index in [1.807, 2.05) is 53.0 Å². The van der Waals surface area contributed by atoms with Crippen molar-refractivity contribution in [2.24, 2.45) is 7.05 Å². The number of imidazole rings is 1. The van der Waals surface area contributed by atoms with E-state index in [1.54, 1.807) is 12.1 Å². The van der Waals surface area contributed by atoms with Crippen molar-refractivity contribution < 1.29 is 9.72 Å². The molecular formula is C22H23N5O3S. The highest BCUT2D eigenvalue weighted by atomic mass is 32.2. The first kappa shape index (κ1) is 20.9. The minimum atomic E-state index is -0.400. The lowest BCUT2D eigenvalue weighted by atomic mass is 10.2. The minimum absolute atomic E-state index is 0.0827. The van der Waals surface area contributed by atoms with Gasteiger partial charge in [-0.1, -0.05) is 42.1 Å². The van der Waals surface area contributed by atoms with Gasteiger partial charge >= 0.3 is 0 Å². The fraction of sp³-hybridized carbons (Fsp3) is 0.273. The molecule has 3 aromatic rings. The summed E-state index contributed by atoms with van der Waals surface area (Å²) < 4.78 is 2.01. The van der Waals surface area contributed by atoms with E-state index in [1.165, 1.54) is 23.9 Å². The molecule has 0 saturated carbocycles. The van der Waals surface area contributed by atoms with Crippen LogP contribution in [0.3, 0.4) is 0 Å². The summed E-state index contributed by atoms with van der Waals surface area (Å²) in [5, 5.41) is 11.6. The van der Waals surface area contributed by atoms with E-state index in [4.69, 9.17) is 0 Å². The van der Waals surface area contributed by atoms with Gasteiger partial charge in [0.25, 0.3) is 5.69 Å². The second-order valence-electron chi connectivity index (χ2n) is 7.28. The molecule has 4 rings (SSSR count). The molecule has 0 aliphatic carbocycles. The van der Waals surface area contributed by atoms with Crippen molar-refractivity contribution in [1.29, 1.82) is 0 Å². The quantitative estimate of drug-likeness (QED) is 0.334. The van der Waals surface area contributed by atoms with Crippen molar-refractivity contribution in [1.82, 2.24) is 14.5 Å². The lowest BCUT2D eigenvalue weighted by molar-refractivity contribution is -0.384. The largest absolute Gasteiger partial charge is 0.368 e. The van der Waals surface area contributed by atoms with E-state index in [0.29, 0.717) is 31.9 Å². The van der Waals surface area contributed by atoms with E-state index in [-0.39, 0.29) is 11.6 Å². The number of piperazine rings is 1. The van der Waals surface area contributed by atoms with Gasteiger partial charge in [-0.15, -0.1) is 0 Å². The third kappa shape index (κ3) is 4.72. The number of amides is 1. The van der Waals surface area contributed by atoms with E-state index >= 15 is 0 Å². The van der Waals surface area contributed by atoms with Crippen LogP contribution in [0.2, 0.25) is 0 Å². The number of hydrogen-bond donors (Lipinski definition) is 0. The summed E-state index contributed by atoms with van der Waals surface area (Å²) in [4.78, 5) is 31.6. The topological polar surface area (TPSA) is 84.5 Å². The van der Waals surface area contributed by atoms with Gasteiger partial charge in [-0.3, -0.25) is 14.9 Å². The summed E-state index contributed by atoms with van der Waals surface area (Å²) >= 11 is 1.45. The number of nitro benzene ring substituents is 1. The molecule has 1 fully saturated rings. The van der Waals surface area contributed by atoms with Crippen molar-refractivity contribution in [3.05, 3.63) is 70.9 Å². The van der Waals surface area contributed by atoms with E-state index < -0.39 is 4.92 Å². The Morgan fingerprint density at radius 3 is 2.39 bits per heavy atom. The first-order valence-electron chi connectivity index (χ1n) is 10.00. The number of anilines is 1. The van der Waals surface area contributed by atoms with Crippen LogP contribution in [0, 0.1) is 10.1 Å². The van der Waals surface area contributed by atoms with Crippen LogP contribution in [0.15, 0.2) is 66.0 Å². The Bertz CT molecular complexity index is 1060. The van der Waals surface area contributed by atoms with Crippen LogP contribution >= 0.6 is 11.8 Å². The molecule has 0 radical (unpaired) electrons. The Labute approximate surface area is 184 Å². The van der Waals surface area contributed by atoms with Crippen molar-refractivity contribution in [3.63, 3.8) is 0 Å². The molecule has 2 heterocycles. The predicted octanol–water partition coefficient (Wildman–Crippen LogP) is 3.44. The number of nitro groups is 1. The maximum atomic E-state index is 12.7. The highest BCUT2D eigenvalue weighted by molar-refractivity contribution is 7.99. The number of benzene rings is 2. The van der Waals surface area contributed by atoms with Crippen LogP contribution in [0.25, 0.3) is 11.3 Å². The molecule has 0 bridgehead atoms. The van der Waals surface area contributed by atoms with Gasteiger partial charge in [0.15, 0.2) is 5.16 Å². The van der Waals surface area contributed by atoms with Gasteiger partial charge in [0, 0.05) is 51.0 Å². The average molecular weight is 438 g/mol. The number of rotatable bonds is 6. The summed E-state index contributed by atoms with van der Waals surface area (Å²) in [6.07, 6.45) is 1.84. The van der Waals surface area contributed by atoms with Crippen molar-refractivity contribution in [3.8, 4) is 11.3 Å². The highest BCUT2D eigenvalue weighted by Crippen LogP contribution is 2.25. The lowest BCUT2D eigenvalue weighted by Gasteiger charge is -2.36. The molecule has 1 aromatic heterocycles. The van der Waals surface area contributed by atoms with Crippen LogP contribution in [0.4, 0.5) is 11.4 Å². The molecule has 0 atom stereocenters. The van der Waals surface area contributed by atoms with Crippen LogP contribution in [0.1, 0.15) is 0 Å². The van der Waals surface area contributed by atoms with Crippen molar-refractivity contribution >= 4 is 29.0 Å². The first-order chi connectivity index (χ1) is 15.0. The monoisotopic (exact) mass is 437 g/mol. The van der Waals surface area contributed by atoms with E-state index in [2.05, 4.69) is 9.88 Å². The smallest absolute Gasteiger partial charge is 0.269 e. The van der Waals surface area contributed by atoms with E-state index in [9.17, 15) is 14.9 Å². The minimum Gasteiger partial charge on any atom is -0.368 e. The summed E-state index contributed by atoms with van der Waals surface area (Å²) in [6.45, 7) is 2.67. The number of hydrogen-bond acceptors (Lipinski definition) is 6. The maximum absolute atomic E-state index is 12.7. The maximum Gasteiger partial charge on any atom is 0.269 e. The van der Waals surface area contributed by atoms with Gasteiger partial charge in [0.2, 0.25) is 5.91 Å². The van der Waals surface area contributed by atoms with Gasteiger partial charge in [-0.2, -0.15) is 0 Å². The van der Waals surface area contributed by atoms with Gasteiger partial charge in [0.05, 0.1) is 22.6 Å². The number of thioether (sulfide) groups is 1. The van der Waals surface area contributed by atoms with E-state index in [0.717, 1.165) is 22.1 Å². The summed E-state index contributed by atoms with van der Waals surface area (Å²) in [7, 11) is 1.96. The summed E-state index contributed by atoms with van der Waals surface area (Å²) in [6, 6.07) is 16.6. The molecule has 1 saturated heterocycles. The van der Waals surface area contributed by atoms with Crippen molar-refractivity contribution in [2.45, 2.75) is 5.16 Å². The summed E-state index contributed by atoms with van der Waals surface area (Å²) in [5.74, 6) is 0.439. The average Bonchev–Trinajstić information content (AvgIpc) is 3.18. The Kier molecular flexibility index (Phi) is 6.22. The number of carbonyl (C=O) groups is 1. The number of carbonyl (C=O) groups excluding carboxylic acids is 1. The standard InChI is InChI=1S/C22H23N5O3S/c1-24-20(17-5-3-2-4-6-17)15-23-22(24)31-16-21(28)26-13-11-25(12-14-26)18-7-9-19(10-8-18)27(29)30/h2-10,15H,11-14,16H2,1H3. The SMILES string of the molecule is Cn1c(-c2ccccc2)cnc1SCC(=O)N1CCN(c2ccc([N+](=O)[O-])cc2)CC1. The number of non-ortho nitro benzene ring substituents is 1. The first-order valence-corrected chi connectivity index (χ1v) is 11.0. The molecule has 31 heavy (non-hydrogen) atoms. The molecule has 1 aliphatic heterocycles. The van der Waals surface area contributed by atoms with Crippen LogP contribution in [-0.2, 0) is 11.8 Å². The molecule has 0 N–H and O–H groups in total. The fourth-order valence-corrected chi connectivity index (χ4v) is 4.47. The molecule has 160 valence electrons. The predicted molar refractivity (Wildman–Crippen MR) is 121 cm³/mol. The third-order valence-electron chi connectivity index (χ3n) is 5.40. The Morgan fingerprint density at radius 2 is 1.74 bits per heavy atom. The molecule has 9 heteroatoms. The zero-order valence-electron chi connectivity index (χ0n) is 17.2. The molecule has 0 spiro atoms. The molecular weight excluding hydrogens is 414 g/mol. The Hall–Kier alpha value is -3.33. The normalized spacial score (nSPS) is 14.0. The summed E-state index contributed by atoms with van der Waals surface area (Å²) in [5.41, 5.74) is 3.14. The molecule has 1 amide bonds. The molecule has 1 aliphatic rings. The van der Waals surface area contributed by atoms with Gasteiger partial charge in [-0.05, 0) is 17.7 Å². The highest BCUT2D eigenvalue weighted by Gasteiger charge is 2.22. The lowest BCUT2D eigenvalue weighted by Crippen LogP contribution is -2.49. The molecule has 0 unspecified atom stereocenters. The Balaban J connectivity index is 1.30. The third-order valence-corrected chi connectivity index (χ3v) is 6.43. The van der Waals surface area contributed by atoms with Crippen molar-refractivity contribution in [2.75, 3.05) is 36.8 Å². The van der Waals surface area contributed by atoms with Gasteiger partial charge in [-0.25, -0.2) is 4.98 Å². The van der Waals surface area contributed by atoms with Gasteiger partial charge < -0.3 is 14.4 Å². The second kappa shape index (κ2) is 9.22. The zero-order valence-corrected chi connectivity index (χ0v) is 18.0. The second-order valence-corrected chi connectivity index (χ2v) is 8.22. The van der Waals surface area contributed by atoms with Crippen LogP contribution in [0.5, 0.6) is 0 Å². The van der Waals surface area contributed by atoms with Crippen LogP contribution < -0.4 is 4.90 Å². The Morgan fingerprint density at radius 1 is 1.06 bits per heavy atom. The zero-order chi connectivity index (χ0) is 21.8. The fourth-order valence-electron chi connectivity index (χ4n) is 3.62. The number of nitrogens with zero attached hydrogens (tertiary/aromatic N) is 5. The molecule has 8 nitrogen and oxygen atoms in total. The molecule has 2 aromatic carbocycles. The van der Waals surface area contributed by atoms with Crippen LogP contribution in [-0.4, -0.2) is 57.2 Å². The number of aromatic nitrogens is 2. The van der Waals surface area contributed by atoms with Gasteiger partial charge in [0.1, 0.15) is 0 Å².